The largest absolute Gasteiger partial charge is 0.507 e. The zero-order valence-corrected chi connectivity index (χ0v) is 14.2. The summed E-state index contributed by atoms with van der Waals surface area (Å²) in [6.07, 6.45) is 1.45. The fourth-order valence-electron chi connectivity index (χ4n) is 3.01. The van der Waals surface area contributed by atoms with Crippen LogP contribution in [0.15, 0.2) is 48.8 Å². The Bertz CT molecular complexity index is 1110. The fraction of sp³-hybridized carbons (Fsp3) is 0.0526. The lowest BCUT2D eigenvalue weighted by Crippen LogP contribution is -1.92. The molecule has 0 fully saturated rings. The van der Waals surface area contributed by atoms with Crippen molar-refractivity contribution < 1.29 is 5.11 Å². The highest BCUT2D eigenvalue weighted by molar-refractivity contribution is 6.39. The second kappa shape index (κ2) is 5.62. The standard InChI is InChI=1S/C19H12Cl2N2O/c1-10-13-5-3-2-4-11(13)6-14(19(10)24)18-17-15(21)7-12(20)8-16(17)22-9-23-18/h2-9,24H,1H3. The van der Waals surface area contributed by atoms with Gasteiger partial charge in [-0.15, -0.1) is 0 Å². The number of hydrogen-bond donors (Lipinski definition) is 1. The zero-order chi connectivity index (χ0) is 16.8. The van der Waals surface area contributed by atoms with Crippen LogP contribution in [0.5, 0.6) is 5.75 Å². The van der Waals surface area contributed by atoms with E-state index in [4.69, 9.17) is 23.2 Å². The summed E-state index contributed by atoms with van der Waals surface area (Å²) in [6.45, 7) is 1.89. The minimum absolute atomic E-state index is 0.194. The maximum absolute atomic E-state index is 10.7. The Hall–Kier alpha value is -2.36. The number of aromatic hydroxyl groups is 1. The fourth-order valence-corrected chi connectivity index (χ4v) is 3.58. The molecule has 24 heavy (non-hydrogen) atoms. The van der Waals surface area contributed by atoms with Gasteiger partial charge in [-0.3, -0.25) is 0 Å². The molecule has 0 amide bonds. The van der Waals surface area contributed by atoms with Crippen molar-refractivity contribution in [2.45, 2.75) is 6.92 Å². The lowest BCUT2D eigenvalue weighted by molar-refractivity contribution is 0.474. The molecule has 1 heterocycles. The second-order valence-corrected chi connectivity index (χ2v) is 6.47. The second-order valence-electron chi connectivity index (χ2n) is 5.62. The molecule has 5 heteroatoms. The summed E-state index contributed by atoms with van der Waals surface area (Å²) in [4.78, 5) is 8.62. The highest BCUT2D eigenvalue weighted by Gasteiger charge is 2.17. The summed E-state index contributed by atoms with van der Waals surface area (Å²) < 4.78 is 0. The third-order valence-electron chi connectivity index (χ3n) is 4.18. The Morgan fingerprint density at radius 1 is 1.00 bits per heavy atom. The molecule has 0 spiro atoms. The molecule has 1 N–H and O–H groups in total. The number of phenolic OH excluding ortho intramolecular Hbond substituents is 1. The van der Waals surface area contributed by atoms with Gasteiger partial charge in [0.25, 0.3) is 0 Å². The minimum atomic E-state index is 0.194. The molecule has 0 unspecified atom stereocenters. The average molecular weight is 355 g/mol. The molecule has 4 rings (SSSR count). The first-order chi connectivity index (χ1) is 11.6. The first kappa shape index (κ1) is 15.2. The zero-order valence-electron chi connectivity index (χ0n) is 12.7. The third-order valence-corrected chi connectivity index (χ3v) is 4.70. The molecule has 0 atom stereocenters. The average Bonchev–Trinajstić information content (AvgIpc) is 2.57. The molecule has 0 aliphatic heterocycles. The predicted octanol–water partition coefficient (Wildman–Crippen LogP) is 5.77. The summed E-state index contributed by atoms with van der Waals surface area (Å²) in [5, 5.41) is 14.4. The van der Waals surface area contributed by atoms with Crippen molar-refractivity contribution in [3.8, 4) is 17.0 Å². The molecule has 3 aromatic carbocycles. The Labute approximate surface area is 148 Å². The van der Waals surface area contributed by atoms with Crippen LogP contribution in [0.4, 0.5) is 0 Å². The third kappa shape index (κ3) is 2.29. The van der Waals surface area contributed by atoms with Gasteiger partial charge in [0.05, 0.1) is 16.2 Å². The topological polar surface area (TPSA) is 46.0 Å². The summed E-state index contributed by atoms with van der Waals surface area (Å²) in [7, 11) is 0. The SMILES string of the molecule is Cc1c(O)c(-c2ncnc3cc(Cl)cc(Cl)c23)cc2ccccc12. The number of fused-ring (bicyclic) bond motifs is 2. The molecule has 0 aliphatic rings. The van der Waals surface area contributed by atoms with Crippen LogP contribution in [0, 0.1) is 6.92 Å². The Kier molecular flexibility index (Phi) is 3.56. The van der Waals surface area contributed by atoms with Gasteiger partial charge in [0.2, 0.25) is 0 Å². The molecule has 0 bridgehead atoms. The van der Waals surface area contributed by atoms with E-state index in [1.54, 1.807) is 12.1 Å². The van der Waals surface area contributed by atoms with Crippen LogP contribution in [-0.4, -0.2) is 15.1 Å². The van der Waals surface area contributed by atoms with Gasteiger partial charge in [0.1, 0.15) is 12.1 Å². The number of rotatable bonds is 1. The summed E-state index contributed by atoms with van der Waals surface area (Å²) >= 11 is 12.4. The molecule has 3 nitrogen and oxygen atoms in total. The molecular formula is C19H12Cl2N2O. The van der Waals surface area contributed by atoms with Crippen molar-refractivity contribution in [3.05, 3.63) is 64.4 Å². The summed E-state index contributed by atoms with van der Waals surface area (Å²) in [5.41, 5.74) is 2.67. The van der Waals surface area contributed by atoms with Gasteiger partial charge in [-0.25, -0.2) is 9.97 Å². The lowest BCUT2D eigenvalue weighted by Gasteiger charge is -2.13. The Morgan fingerprint density at radius 2 is 1.79 bits per heavy atom. The maximum Gasteiger partial charge on any atom is 0.128 e. The van der Waals surface area contributed by atoms with Gasteiger partial charge in [0, 0.05) is 16.0 Å². The first-order valence-electron chi connectivity index (χ1n) is 7.37. The monoisotopic (exact) mass is 354 g/mol. The number of halogens is 2. The first-order valence-corrected chi connectivity index (χ1v) is 8.13. The van der Waals surface area contributed by atoms with E-state index in [0.717, 1.165) is 16.3 Å². The van der Waals surface area contributed by atoms with Crippen molar-refractivity contribution in [2.75, 3.05) is 0 Å². The van der Waals surface area contributed by atoms with Gasteiger partial charge < -0.3 is 5.11 Å². The molecule has 0 saturated heterocycles. The van der Waals surface area contributed by atoms with E-state index in [1.165, 1.54) is 6.33 Å². The number of benzene rings is 3. The van der Waals surface area contributed by atoms with Crippen LogP contribution in [0.25, 0.3) is 32.9 Å². The number of aryl methyl sites for hydroxylation is 1. The minimum Gasteiger partial charge on any atom is -0.507 e. The van der Waals surface area contributed by atoms with E-state index in [1.807, 2.05) is 37.3 Å². The Balaban J connectivity index is 2.12. The van der Waals surface area contributed by atoms with Crippen LogP contribution < -0.4 is 0 Å². The van der Waals surface area contributed by atoms with Crippen LogP contribution >= 0.6 is 23.2 Å². The Morgan fingerprint density at radius 3 is 2.62 bits per heavy atom. The number of nitrogens with zero attached hydrogens (tertiary/aromatic N) is 2. The van der Waals surface area contributed by atoms with Crippen LogP contribution in [0.3, 0.4) is 0 Å². The number of aromatic nitrogens is 2. The van der Waals surface area contributed by atoms with E-state index in [2.05, 4.69) is 9.97 Å². The molecule has 0 saturated carbocycles. The van der Waals surface area contributed by atoms with Crippen molar-refractivity contribution in [1.29, 1.82) is 0 Å². The quantitative estimate of drug-likeness (QED) is 0.471. The predicted molar refractivity (Wildman–Crippen MR) is 98.9 cm³/mol. The van der Waals surface area contributed by atoms with Crippen molar-refractivity contribution in [2.24, 2.45) is 0 Å². The molecule has 4 aromatic rings. The van der Waals surface area contributed by atoms with Gasteiger partial charge in [-0.1, -0.05) is 47.5 Å². The van der Waals surface area contributed by atoms with Gasteiger partial charge in [-0.05, 0) is 41.5 Å². The van der Waals surface area contributed by atoms with E-state index >= 15 is 0 Å². The molecule has 118 valence electrons. The number of phenols is 1. The van der Waals surface area contributed by atoms with Crippen LogP contribution in [0.2, 0.25) is 10.0 Å². The molecule has 0 radical (unpaired) electrons. The summed E-state index contributed by atoms with van der Waals surface area (Å²) in [5.74, 6) is 0.194. The van der Waals surface area contributed by atoms with Crippen LogP contribution in [0.1, 0.15) is 5.56 Å². The lowest BCUT2D eigenvalue weighted by atomic mass is 9.97. The van der Waals surface area contributed by atoms with Crippen molar-refractivity contribution in [3.63, 3.8) is 0 Å². The highest BCUT2D eigenvalue weighted by Crippen LogP contribution is 2.40. The number of hydrogen-bond acceptors (Lipinski definition) is 3. The molecule has 0 aliphatic carbocycles. The van der Waals surface area contributed by atoms with E-state index in [0.29, 0.717) is 32.2 Å². The smallest absolute Gasteiger partial charge is 0.128 e. The molecule has 1 aromatic heterocycles. The van der Waals surface area contributed by atoms with Gasteiger partial charge in [0.15, 0.2) is 0 Å². The van der Waals surface area contributed by atoms with Gasteiger partial charge in [-0.2, -0.15) is 0 Å². The normalized spacial score (nSPS) is 11.3. The van der Waals surface area contributed by atoms with E-state index in [9.17, 15) is 5.11 Å². The molecular weight excluding hydrogens is 343 g/mol. The van der Waals surface area contributed by atoms with E-state index in [-0.39, 0.29) is 5.75 Å². The maximum atomic E-state index is 10.7. The van der Waals surface area contributed by atoms with Crippen molar-refractivity contribution >= 4 is 44.9 Å². The summed E-state index contributed by atoms with van der Waals surface area (Å²) in [6, 6.07) is 13.2. The highest BCUT2D eigenvalue weighted by atomic mass is 35.5. The van der Waals surface area contributed by atoms with Crippen molar-refractivity contribution in [1.82, 2.24) is 9.97 Å². The van der Waals surface area contributed by atoms with Gasteiger partial charge >= 0.3 is 0 Å². The van der Waals surface area contributed by atoms with Crippen LogP contribution in [-0.2, 0) is 0 Å². The van der Waals surface area contributed by atoms with E-state index < -0.39 is 0 Å².